The highest BCUT2D eigenvalue weighted by atomic mass is 32.1. The first-order valence-electron chi connectivity index (χ1n) is 11.8. The highest BCUT2D eigenvalue weighted by Crippen LogP contribution is 2.41. The number of fused-ring (bicyclic) bond motifs is 2. The van der Waals surface area contributed by atoms with Crippen molar-refractivity contribution >= 4 is 86.3 Å². The standard InChI is InChI=1S/C26H24N6S4/c1-3-4-13-26(2,20-14-33-22(29-20)31-24-27-16-9-5-7-11-18(16)35-24)21-15-34-23(30-21)32-25-28-17-10-6-8-12-19(17)36-25/h5-12,14-15H,3-4,13H2,1-2H3,(H,27,29,31)(H,28,30,32). The normalized spacial score (nSPS) is 11.9. The number of nitrogens with zero attached hydrogens (tertiary/aromatic N) is 4. The molecule has 0 unspecified atom stereocenters. The highest BCUT2D eigenvalue weighted by Gasteiger charge is 2.34. The molecule has 10 heteroatoms. The molecule has 6 rings (SSSR count). The van der Waals surface area contributed by atoms with Gasteiger partial charge in [0.1, 0.15) is 0 Å². The number of para-hydroxylation sites is 2. The average Bonchev–Trinajstić information content (AvgIpc) is 3.68. The Hall–Kier alpha value is -2.92. The molecule has 4 aromatic heterocycles. The van der Waals surface area contributed by atoms with Crippen molar-refractivity contribution in [2.45, 2.75) is 38.5 Å². The predicted molar refractivity (Wildman–Crippen MR) is 156 cm³/mol. The zero-order valence-corrected chi connectivity index (χ0v) is 23.1. The summed E-state index contributed by atoms with van der Waals surface area (Å²) in [6.07, 6.45) is 3.21. The Morgan fingerprint density at radius 3 is 1.67 bits per heavy atom. The molecule has 6 aromatic rings. The van der Waals surface area contributed by atoms with Crippen molar-refractivity contribution in [2.24, 2.45) is 0 Å². The second-order valence-corrected chi connectivity index (χ2v) is 12.5. The number of benzene rings is 2. The van der Waals surface area contributed by atoms with Gasteiger partial charge in [-0.05, 0) is 37.6 Å². The molecule has 6 nitrogen and oxygen atoms in total. The lowest BCUT2D eigenvalue weighted by Gasteiger charge is -2.26. The monoisotopic (exact) mass is 548 g/mol. The van der Waals surface area contributed by atoms with Gasteiger partial charge in [-0.25, -0.2) is 19.9 Å². The first-order chi connectivity index (χ1) is 17.6. The number of aromatic nitrogens is 4. The fraction of sp³-hybridized carbons (Fsp3) is 0.231. The maximum Gasteiger partial charge on any atom is 0.190 e. The molecule has 0 aliphatic carbocycles. The molecule has 0 amide bonds. The van der Waals surface area contributed by atoms with Crippen LogP contribution < -0.4 is 10.6 Å². The van der Waals surface area contributed by atoms with Crippen molar-refractivity contribution in [3.8, 4) is 0 Å². The van der Waals surface area contributed by atoms with Crippen LogP contribution >= 0.6 is 45.3 Å². The highest BCUT2D eigenvalue weighted by molar-refractivity contribution is 7.23. The molecule has 0 spiro atoms. The Balaban J connectivity index is 1.25. The molecule has 0 bridgehead atoms. The summed E-state index contributed by atoms with van der Waals surface area (Å²) < 4.78 is 2.33. The molecule has 2 N–H and O–H groups in total. The summed E-state index contributed by atoms with van der Waals surface area (Å²) in [5, 5.41) is 14.6. The third-order valence-electron chi connectivity index (χ3n) is 6.18. The van der Waals surface area contributed by atoms with Crippen LogP contribution in [0, 0.1) is 0 Å². The third kappa shape index (κ3) is 4.61. The van der Waals surface area contributed by atoms with Gasteiger partial charge in [-0.15, -0.1) is 22.7 Å². The largest absolute Gasteiger partial charge is 0.307 e. The fourth-order valence-corrected chi connectivity index (χ4v) is 7.67. The molecule has 0 aliphatic rings. The number of rotatable bonds is 9. The summed E-state index contributed by atoms with van der Waals surface area (Å²) in [4.78, 5) is 19.4. The summed E-state index contributed by atoms with van der Waals surface area (Å²) in [7, 11) is 0. The molecule has 0 aliphatic heterocycles. The van der Waals surface area contributed by atoms with Gasteiger partial charge in [-0.1, -0.05) is 66.7 Å². The van der Waals surface area contributed by atoms with E-state index in [4.69, 9.17) is 19.9 Å². The molecule has 36 heavy (non-hydrogen) atoms. The van der Waals surface area contributed by atoms with Crippen LogP contribution in [-0.4, -0.2) is 19.9 Å². The van der Waals surface area contributed by atoms with Crippen LogP contribution in [0.15, 0.2) is 59.3 Å². The number of thiazole rings is 4. The number of hydrogen-bond acceptors (Lipinski definition) is 10. The maximum atomic E-state index is 5.01. The van der Waals surface area contributed by atoms with E-state index in [2.05, 4.69) is 47.4 Å². The Labute approximate surface area is 225 Å². The summed E-state index contributed by atoms with van der Waals surface area (Å²) in [6.45, 7) is 4.48. The van der Waals surface area contributed by atoms with Gasteiger partial charge in [0, 0.05) is 10.8 Å². The molecular weight excluding hydrogens is 525 g/mol. The predicted octanol–water partition coefficient (Wildman–Crippen LogP) is 8.80. The van der Waals surface area contributed by atoms with Crippen LogP contribution in [0.5, 0.6) is 0 Å². The Bertz CT molecular complexity index is 1450. The van der Waals surface area contributed by atoms with E-state index in [1.807, 2.05) is 36.4 Å². The number of anilines is 4. The maximum absolute atomic E-state index is 5.01. The summed E-state index contributed by atoms with van der Waals surface area (Å²) in [5.41, 5.74) is 3.82. The van der Waals surface area contributed by atoms with Crippen LogP contribution in [0.1, 0.15) is 44.5 Å². The minimum absolute atomic E-state index is 0.274. The molecular formula is C26H24N6S4. The number of nitrogens with one attached hydrogen (secondary N) is 2. The lowest BCUT2D eigenvalue weighted by molar-refractivity contribution is 0.473. The summed E-state index contributed by atoms with van der Waals surface area (Å²) in [6, 6.07) is 16.4. The quantitative estimate of drug-likeness (QED) is 0.188. The third-order valence-corrected chi connectivity index (χ3v) is 9.60. The zero-order chi connectivity index (χ0) is 24.5. The van der Waals surface area contributed by atoms with E-state index >= 15 is 0 Å². The van der Waals surface area contributed by atoms with E-state index in [0.717, 1.165) is 62.2 Å². The minimum Gasteiger partial charge on any atom is -0.307 e. The lowest BCUT2D eigenvalue weighted by Crippen LogP contribution is -2.24. The molecule has 0 radical (unpaired) electrons. The average molecular weight is 549 g/mol. The lowest BCUT2D eigenvalue weighted by atomic mass is 9.79. The van der Waals surface area contributed by atoms with Gasteiger partial charge < -0.3 is 10.6 Å². The van der Waals surface area contributed by atoms with Crippen molar-refractivity contribution in [3.63, 3.8) is 0 Å². The van der Waals surface area contributed by atoms with E-state index in [1.54, 1.807) is 45.3 Å². The van der Waals surface area contributed by atoms with Crippen molar-refractivity contribution in [3.05, 3.63) is 70.7 Å². The van der Waals surface area contributed by atoms with Gasteiger partial charge in [0.2, 0.25) is 0 Å². The minimum atomic E-state index is -0.274. The van der Waals surface area contributed by atoms with Crippen LogP contribution in [-0.2, 0) is 5.41 Å². The molecule has 2 aromatic carbocycles. The first-order valence-corrected chi connectivity index (χ1v) is 15.2. The van der Waals surface area contributed by atoms with Crippen molar-refractivity contribution in [2.75, 3.05) is 10.6 Å². The smallest absolute Gasteiger partial charge is 0.190 e. The van der Waals surface area contributed by atoms with Gasteiger partial charge in [0.05, 0.1) is 37.2 Å². The second-order valence-electron chi connectivity index (χ2n) is 8.73. The van der Waals surface area contributed by atoms with Crippen LogP contribution in [0.25, 0.3) is 20.4 Å². The van der Waals surface area contributed by atoms with Crippen LogP contribution in [0.4, 0.5) is 20.5 Å². The van der Waals surface area contributed by atoms with Crippen molar-refractivity contribution < 1.29 is 0 Å². The van der Waals surface area contributed by atoms with E-state index in [1.165, 1.54) is 9.40 Å². The van der Waals surface area contributed by atoms with Crippen LogP contribution in [0.3, 0.4) is 0 Å². The van der Waals surface area contributed by atoms with Gasteiger partial charge in [-0.3, -0.25) is 0 Å². The van der Waals surface area contributed by atoms with Gasteiger partial charge >= 0.3 is 0 Å². The zero-order valence-electron chi connectivity index (χ0n) is 19.8. The SMILES string of the molecule is CCCCC(C)(c1csc(Nc2nc3ccccc3s2)n1)c1csc(Nc2nc3ccccc3s2)n1. The van der Waals surface area contributed by atoms with E-state index in [-0.39, 0.29) is 5.41 Å². The Kier molecular flexibility index (Phi) is 6.43. The number of hydrogen-bond donors (Lipinski definition) is 2. The van der Waals surface area contributed by atoms with Gasteiger partial charge in [0.15, 0.2) is 20.5 Å². The Morgan fingerprint density at radius 2 is 1.19 bits per heavy atom. The first kappa shape index (κ1) is 23.5. The summed E-state index contributed by atoms with van der Waals surface area (Å²) >= 11 is 6.52. The molecule has 0 fully saturated rings. The second kappa shape index (κ2) is 9.85. The molecule has 0 saturated carbocycles. The topological polar surface area (TPSA) is 75.6 Å². The van der Waals surface area contributed by atoms with Gasteiger partial charge in [-0.2, -0.15) is 0 Å². The molecule has 182 valence electrons. The fourth-order valence-electron chi connectivity index (χ4n) is 4.12. The molecule has 0 saturated heterocycles. The van der Waals surface area contributed by atoms with E-state index in [9.17, 15) is 0 Å². The number of unbranched alkanes of at least 4 members (excludes halogenated alkanes) is 1. The van der Waals surface area contributed by atoms with Crippen molar-refractivity contribution in [1.82, 2.24) is 19.9 Å². The van der Waals surface area contributed by atoms with Gasteiger partial charge in [0.25, 0.3) is 0 Å². The van der Waals surface area contributed by atoms with E-state index in [0.29, 0.717) is 0 Å². The van der Waals surface area contributed by atoms with Crippen LogP contribution in [0.2, 0.25) is 0 Å². The molecule has 0 atom stereocenters. The van der Waals surface area contributed by atoms with Crippen molar-refractivity contribution in [1.29, 1.82) is 0 Å². The summed E-state index contributed by atoms with van der Waals surface area (Å²) in [5.74, 6) is 0. The Morgan fingerprint density at radius 1 is 0.694 bits per heavy atom. The van der Waals surface area contributed by atoms with E-state index < -0.39 is 0 Å². The molecule has 4 heterocycles.